The summed E-state index contributed by atoms with van der Waals surface area (Å²) in [4.78, 5) is 51.8. The minimum atomic E-state index is -1.02. The number of rotatable bonds is 9. The van der Waals surface area contributed by atoms with Gasteiger partial charge in [-0.15, -0.1) is 0 Å². The fourth-order valence-corrected chi connectivity index (χ4v) is 3.55. The van der Waals surface area contributed by atoms with E-state index >= 15 is 0 Å². The van der Waals surface area contributed by atoms with E-state index in [2.05, 4.69) is 0 Å². The van der Waals surface area contributed by atoms with Crippen molar-refractivity contribution in [1.82, 2.24) is 19.6 Å². The summed E-state index contributed by atoms with van der Waals surface area (Å²) < 4.78 is 0. The molecule has 30 heavy (non-hydrogen) atoms. The standard InChI is InChI=1S/C18H32N4O8/c1-2-14-9-21(12-17(27)28)6-5-19(10-15(23)24)3-4-20(11-16(25)26)7-8-22(14)13-18(29)30/h14H,2-13H2,1H3,(H,23,24)(H,25,26)(H,27,28)(H,29,30). The van der Waals surface area contributed by atoms with Crippen LogP contribution in [0, 0.1) is 0 Å². The molecule has 1 fully saturated rings. The molecule has 1 atom stereocenters. The zero-order valence-corrected chi connectivity index (χ0v) is 17.3. The maximum Gasteiger partial charge on any atom is 0.317 e. The van der Waals surface area contributed by atoms with Gasteiger partial charge in [0.05, 0.1) is 26.2 Å². The molecule has 0 aromatic carbocycles. The minimum absolute atomic E-state index is 0.231. The SMILES string of the molecule is CCC1CN(CC(=O)O)CCN(CC(=O)O)CCN(CC(=O)O)CCN1CC(=O)O. The average Bonchev–Trinajstić information content (AvgIpc) is 2.61. The maximum absolute atomic E-state index is 11.3. The second-order valence-electron chi connectivity index (χ2n) is 7.39. The van der Waals surface area contributed by atoms with Gasteiger partial charge < -0.3 is 20.4 Å². The Balaban J connectivity index is 3.09. The van der Waals surface area contributed by atoms with Gasteiger partial charge >= 0.3 is 23.9 Å². The first-order valence-corrected chi connectivity index (χ1v) is 9.89. The van der Waals surface area contributed by atoms with Crippen molar-refractivity contribution < 1.29 is 39.6 Å². The fourth-order valence-electron chi connectivity index (χ4n) is 3.55. The number of carboxylic acid groups (broad SMARTS) is 4. The van der Waals surface area contributed by atoms with E-state index in [1.807, 2.05) is 6.92 Å². The van der Waals surface area contributed by atoms with Crippen molar-refractivity contribution in [3.05, 3.63) is 0 Å². The number of carboxylic acids is 4. The number of carbonyl (C=O) groups is 4. The van der Waals surface area contributed by atoms with Crippen LogP contribution >= 0.6 is 0 Å². The van der Waals surface area contributed by atoms with E-state index in [4.69, 9.17) is 5.11 Å². The molecule has 0 aromatic heterocycles. The molecule has 12 heteroatoms. The van der Waals surface area contributed by atoms with E-state index in [-0.39, 0.29) is 32.2 Å². The van der Waals surface area contributed by atoms with E-state index in [9.17, 15) is 34.5 Å². The molecule has 0 aliphatic carbocycles. The second kappa shape index (κ2) is 13.1. The molecule has 12 nitrogen and oxygen atoms in total. The van der Waals surface area contributed by atoms with Gasteiger partial charge in [-0.2, -0.15) is 0 Å². The lowest BCUT2D eigenvalue weighted by atomic mass is 10.1. The molecule has 4 N–H and O–H groups in total. The zero-order valence-electron chi connectivity index (χ0n) is 17.3. The van der Waals surface area contributed by atoms with Crippen molar-refractivity contribution in [2.45, 2.75) is 19.4 Å². The largest absolute Gasteiger partial charge is 0.480 e. The Labute approximate surface area is 175 Å². The molecule has 0 aromatic rings. The van der Waals surface area contributed by atoms with Crippen LogP contribution < -0.4 is 0 Å². The van der Waals surface area contributed by atoms with Gasteiger partial charge in [-0.25, -0.2) is 0 Å². The molecular formula is C18H32N4O8. The van der Waals surface area contributed by atoms with E-state index in [1.165, 1.54) is 0 Å². The lowest BCUT2D eigenvalue weighted by molar-refractivity contribution is -0.142. The molecule has 172 valence electrons. The van der Waals surface area contributed by atoms with Crippen LogP contribution in [-0.4, -0.2) is 142 Å². The number of aliphatic carboxylic acids is 4. The maximum atomic E-state index is 11.3. The molecule has 1 saturated heterocycles. The predicted octanol–water partition coefficient (Wildman–Crippen LogP) is -1.67. The highest BCUT2D eigenvalue weighted by Gasteiger charge is 2.26. The molecule has 0 bridgehead atoms. The van der Waals surface area contributed by atoms with Gasteiger partial charge in [0.25, 0.3) is 0 Å². The lowest BCUT2D eigenvalue weighted by Crippen LogP contribution is -2.52. The highest BCUT2D eigenvalue weighted by Crippen LogP contribution is 2.09. The first-order valence-electron chi connectivity index (χ1n) is 9.89. The van der Waals surface area contributed by atoms with Crippen LogP contribution in [0.5, 0.6) is 0 Å². The highest BCUT2D eigenvalue weighted by atomic mass is 16.4. The molecule has 0 spiro atoms. The van der Waals surface area contributed by atoms with Crippen molar-refractivity contribution in [1.29, 1.82) is 0 Å². The molecule has 1 rings (SSSR count). The third-order valence-corrected chi connectivity index (χ3v) is 5.04. The summed E-state index contributed by atoms with van der Waals surface area (Å²) in [5, 5.41) is 36.9. The number of hydrogen-bond donors (Lipinski definition) is 4. The van der Waals surface area contributed by atoms with E-state index in [1.54, 1.807) is 19.6 Å². The Morgan fingerprint density at radius 2 is 1.00 bits per heavy atom. The minimum Gasteiger partial charge on any atom is -0.480 e. The summed E-state index contributed by atoms with van der Waals surface area (Å²) in [6, 6.07) is -0.237. The van der Waals surface area contributed by atoms with E-state index in [0.29, 0.717) is 52.2 Å². The van der Waals surface area contributed by atoms with Crippen LogP contribution in [-0.2, 0) is 19.2 Å². The molecule has 1 unspecified atom stereocenters. The lowest BCUT2D eigenvalue weighted by Gasteiger charge is -2.37. The Hall–Kier alpha value is -2.28. The quantitative estimate of drug-likeness (QED) is 0.328. The summed E-state index contributed by atoms with van der Waals surface area (Å²) in [5.41, 5.74) is 0. The van der Waals surface area contributed by atoms with Gasteiger partial charge in [0.2, 0.25) is 0 Å². The Morgan fingerprint density at radius 3 is 1.40 bits per heavy atom. The summed E-state index contributed by atoms with van der Waals surface area (Å²) in [6.07, 6.45) is 0.584. The van der Waals surface area contributed by atoms with Crippen molar-refractivity contribution in [3.8, 4) is 0 Å². The highest BCUT2D eigenvalue weighted by molar-refractivity contribution is 5.70. The Bertz CT molecular complexity index is 603. The van der Waals surface area contributed by atoms with Gasteiger partial charge in [0, 0.05) is 51.9 Å². The second-order valence-corrected chi connectivity index (χ2v) is 7.39. The number of hydrogen-bond acceptors (Lipinski definition) is 8. The monoisotopic (exact) mass is 432 g/mol. The van der Waals surface area contributed by atoms with Crippen LogP contribution in [0.4, 0.5) is 0 Å². The summed E-state index contributed by atoms with van der Waals surface area (Å²) in [6.45, 7) is 3.08. The van der Waals surface area contributed by atoms with Crippen LogP contribution in [0.1, 0.15) is 13.3 Å². The predicted molar refractivity (Wildman–Crippen MR) is 106 cm³/mol. The van der Waals surface area contributed by atoms with Gasteiger partial charge in [-0.3, -0.25) is 38.8 Å². The third-order valence-electron chi connectivity index (χ3n) is 5.04. The summed E-state index contributed by atoms with van der Waals surface area (Å²) >= 11 is 0. The topological polar surface area (TPSA) is 162 Å². The van der Waals surface area contributed by atoms with Crippen molar-refractivity contribution >= 4 is 23.9 Å². The van der Waals surface area contributed by atoms with Gasteiger partial charge in [-0.05, 0) is 6.42 Å². The van der Waals surface area contributed by atoms with Crippen molar-refractivity contribution in [3.63, 3.8) is 0 Å². The van der Waals surface area contributed by atoms with Crippen molar-refractivity contribution in [2.24, 2.45) is 0 Å². The average molecular weight is 432 g/mol. The first kappa shape index (κ1) is 25.8. The van der Waals surface area contributed by atoms with Crippen LogP contribution in [0.25, 0.3) is 0 Å². The molecular weight excluding hydrogens is 400 g/mol. The van der Waals surface area contributed by atoms with Gasteiger partial charge in [0.15, 0.2) is 0 Å². The molecule has 0 amide bonds. The van der Waals surface area contributed by atoms with Crippen molar-refractivity contribution in [2.75, 3.05) is 72.0 Å². The Kier molecular flexibility index (Phi) is 11.3. The molecule has 0 radical (unpaired) electrons. The van der Waals surface area contributed by atoms with Gasteiger partial charge in [-0.1, -0.05) is 6.92 Å². The summed E-state index contributed by atoms with van der Waals surface area (Å²) in [7, 11) is 0. The zero-order chi connectivity index (χ0) is 22.7. The van der Waals surface area contributed by atoms with Gasteiger partial charge in [0.1, 0.15) is 0 Å². The summed E-state index contributed by atoms with van der Waals surface area (Å²) in [5.74, 6) is -4.06. The normalized spacial score (nSPS) is 21.4. The van der Waals surface area contributed by atoms with Crippen LogP contribution in [0.2, 0.25) is 0 Å². The van der Waals surface area contributed by atoms with Crippen LogP contribution in [0.15, 0.2) is 0 Å². The molecule has 0 saturated carbocycles. The third kappa shape index (κ3) is 10.5. The molecule has 1 heterocycles. The Morgan fingerprint density at radius 1 is 0.633 bits per heavy atom. The molecule has 1 aliphatic rings. The first-order chi connectivity index (χ1) is 14.1. The molecule has 1 aliphatic heterocycles. The van der Waals surface area contributed by atoms with E-state index in [0.717, 1.165) is 0 Å². The van der Waals surface area contributed by atoms with Crippen LogP contribution in [0.3, 0.4) is 0 Å². The smallest absolute Gasteiger partial charge is 0.317 e. The number of nitrogens with zero attached hydrogens (tertiary/aromatic N) is 4. The fraction of sp³-hybridized carbons (Fsp3) is 0.778. The van der Waals surface area contributed by atoms with E-state index < -0.39 is 23.9 Å².